The van der Waals surface area contributed by atoms with Gasteiger partial charge < -0.3 is 19.1 Å². The van der Waals surface area contributed by atoms with Crippen LogP contribution in [0.2, 0.25) is 10.0 Å². The van der Waals surface area contributed by atoms with E-state index in [0.717, 1.165) is 46.1 Å². The summed E-state index contributed by atoms with van der Waals surface area (Å²) in [5.74, 6) is -0.550. The van der Waals surface area contributed by atoms with Crippen LogP contribution in [-0.2, 0) is 14.8 Å². The van der Waals surface area contributed by atoms with Crippen molar-refractivity contribution in [1.29, 1.82) is 0 Å². The van der Waals surface area contributed by atoms with Gasteiger partial charge >= 0.3 is 6.36 Å². The Labute approximate surface area is 225 Å². The number of nitrogens with zero attached hydrogens (tertiary/aromatic N) is 1. The van der Waals surface area contributed by atoms with Gasteiger partial charge in [-0.05, 0) is 67.1 Å². The molecule has 1 aliphatic rings. The number of fused-ring (bicyclic) bond motifs is 3. The number of ether oxygens (including phenoxy) is 2. The molecule has 1 aromatic heterocycles. The second-order valence-corrected chi connectivity index (χ2v) is 11.5. The zero-order chi connectivity index (χ0) is 27.2. The van der Waals surface area contributed by atoms with Gasteiger partial charge in [-0.1, -0.05) is 23.2 Å². The number of hydrogen-bond donors (Lipinski definition) is 2. The van der Waals surface area contributed by atoms with Crippen LogP contribution in [0.15, 0.2) is 65.6 Å². The Bertz CT molecular complexity index is 1530. The Morgan fingerprint density at radius 2 is 1.53 bits per heavy atom. The highest BCUT2D eigenvalue weighted by Gasteiger charge is 2.34. The van der Waals surface area contributed by atoms with Crippen LogP contribution in [0.25, 0.3) is 21.8 Å². The molecule has 0 spiro atoms. The lowest BCUT2D eigenvalue weighted by Crippen LogP contribution is -2.45. The molecular weight excluding hydrogens is 568 g/mol. The van der Waals surface area contributed by atoms with Crippen molar-refractivity contribution in [3.05, 3.63) is 70.7 Å². The molecule has 0 aliphatic carbocycles. The van der Waals surface area contributed by atoms with E-state index in [1.54, 1.807) is 12.1 Å². The average Bonchev–Trinajstić information content (AvgIpc) is 3.03. The van der Waals surface area contributed by atoms with E-state index in [0.29, 0.717) is 10.0 Å². The first-order chi connectivity index (χ1) is 17.9. The molecular formula is C25H21Cl2F3N2O5S. The molecule has 0 unspecified atom stereocenters. The minimum Gasteiger partial charge on any atom is -0.406 e. The van der Waals surface area contributed by atoms with Gasteiger partial charge in [-0.3, -0.25) is 0 Å². The summed E-state index contributed by atoms with van der Waals surface area (Å²) in [6, 6.07) is 13.4. The average molecular weight is 589 g/mol. The van der Waals surface area contributed by atoms with Crippen LogP contribution in [0.4, 0.5) is 13.2 Å². The number of halogens is 5. The van der Waals surface area contributed by atoms with Crippen LogP contribution in [0.1, 0.15) is 12.5 Å². The van der Waals surface area contributed by atoms with Gasteiger partial charge in [0, 0.05) is 31.9 Å². The molecule has 1 saturated heterocycles. The standard InChI is InChI=1S/C25H21Cl2F3N2O5S/c26-14-1-7-22-19(9-14)20-10-15(27)2-8-23(20)32(22)16-11-24(33)21(13-36-12-16)31-38(34,35)18-5-3-17(4-6-18)37-25(28,29)30/h1-10,16,21,24,31,33H,11-13H2/t16-,21-,24-/m1/s1. The van der Waals surface area contributed by atoms with Crippen LogP contribution in [0.3, 0.4) is 0 Å². The predicted octanol–water partition coefficient (Wildman–Crippen LogP) is 5.67. The topological polar surface area (TPSA) is 89.8 Å². The molecule has 0 bridgehead atoms. The quantitative estimate of drug-likeness (QED) is 0.313. The van der Waals surface area contributed by atoms with Crippen LogP contribution >= 0.6 is 23.2 Å². The van der Waals surface area contributed by atoms with Crippen LogP contribution < -0.4 is 9.46 Å². The summed E-state index contributed by atoms with van der Waals surface area (Å²) < 4.78 is 77.0. The Morgan fingerprint density at radius 1 is 0.947 bits per heavy atom. The highest BCUT2D eigenvalue weighted by atomic mass is 35.5. The van der Waals surface area contributed by atoms with E-state index in [-0.39, 0.29) is 30.6 Å². The summed E-state index contributed by atoms with van der Waals surface area (Å²) in [6.07, 6.45) is -5.86. The maximum absolute atomic E-state index is 12.9. The molecule has 3 aromatic carbocycles. The van der Waals surface area contributed by atoms with Gasteiger partial charge in [0.1, 0.15) is 5.75 Å². The number of aliphatic hydroxyl groups excluding tert-OH is 1. The van der Waals surface area contributed by atoms with Crippen molar-refractivity contribution in [1.82, 2.24) is 9.29 Å². The van der Waals surface area contributed by atoms with E-state index in [2.05, 4.69) is 9.46 Å². The summed E-state index contributed by atoms with van der Waals surface area (Å²) in [6.45, 7) is 0.0872. The zero-order valence-electron chi connectivity index (χ0n) is 19.5. The molecule has 2 N–H and O–H groups in total. The predicted molar refractivity (Wildman–Crippen MR) is 137 cm³/mol. The highest BCUT2D eigenvalue weighted by Crippen LogP contribution is 2.37. The third-order valence-electron chi connectivity index (χ3n) is 6.35. The number of aliphatic hydroxyl groups is 1. The normalized spacial score (nSPS) is 21.1. The van der Waals surface area contributed by atoms with Crippen LogP contribution in [0, 0.1) is 0 Å². The molecule has 0 radical (unpaired) electrons. The molecule has 202 valence electrons. The van der Waals surface area contributed by atoms with E-state index in [1.807, 2.05) is 28.8 Å². The Morgan fingerprint density at radius 3 is 2.08 bits per heavy atom. The van der Waals surface area contributed by atoms with E-state index < -0.39 is 34.3 Å². The summed E-state index contributed by atoms with van der Waals surface area (Å²) in [4.78, 5) is -0.281. The summed E-state index contributed by atoms with van der Waals surface area (Å²) in [5.41, 5.74) is 1.71. The maximum Gasteiger partial charge on any atom is 0.573 e. The molecule has 2 heterocycles. The number of aromatic nitrogens is 1. The van der Waals surface area contributed by atoms with Crippen molar-refractivity contribution >= 4 is 55.0 Å². The maximum atomic E-state index is 12.9. The number of benzene rings is 3. The Hall–Kier alpha value is -2.54. The van der Waals surface area contributed by atoms with Gasteiger partial charge in [0.05, 0.1) is 36.3 Å². The third kappa shape index (κ3) is 5.58. The van der Waals surface area contributed by atoms with Gasteiger partial charge in [0.2, 0.25) is 10.0 Å². The highest BCUT2D eigenvalue weighted by molar-refractivity contribution is 7.89. The number of alkyl halides is 3. The summed E-state index contributed by atoms with van der Waals surface area (Å²) in [5, 5.41) is 13.9. The fourth-order valence-corrected chi connectivity index (χ4v) is 6.32. The van der Waals surface area contributed by atoms with Crippen molar-refractivity contribution in [2.75, 3.05) is 13.2 Å². The summed E-state index contributed by atoms with van der Waals surface area (Å²) >= 11 is 12.5. The number of sulfonamides is 1. The van der Waals surface area contributed by atoms with Gasteiger partial charge in [0.25, 0.3) is 0 Å². The fourth-order valence-electron chi connectivity index (χ4n) is 4.72. The first kappa shape index (κ1) is 27.0. The van der Waals surface area contributed by atoms with Gasteiger partial charge in [0.15, 0.2) is 0 Å². The molecule has 1 aliphatic heterocycles. The minimum absolute atomic E-state index is 0.110. The van der Waals surface area contributed by atoms with Gasteiger partial charge in [-0.25, -0.2) is 13.1 Å². The largest absolute Gasteiger partial charge is 0.573 e. The van der Waals surface area contributed by atoms with Crippen molar-refractivity contribution in [2.24, 2.45) is 0 Å². The second kappa shape index (κ2) is 10.2. The fraction of sp³-hybridized carbons (Fsp3) is 0.280. The van der Waals surface area contributed by atoms with Crippen molar-refractivity contribution in [2.45, 2.75) is 35.9 Å². The van der Waals surface area contributed by atoms with Gasteiger partial charge in [-0.15, -0.1) is 13.2 Å². The van der Waals surface area contributed by atoms with Crippen LogP contribution in [-0.4, -0.2) is 49.8 Å². The second-order valence-electron chi connectivity index (χ2n) is 8.93. The number of hydrogen-bond acceptors (Lipinski definition) is 5. The van der Waals surface area contributed by atoms with E-state index >= 15 is 0 Å². The lowest BCUT2D eigenvalue weighted by molar-refractivity contribution is -0.274. The first-order valence-electron chi connectivity index (χ1n) is 11.4. The zero-order valence-corrected chi connectivity index (χ0v) is 21.8. The monoisotopic (exact) mass is 588 g/mol. The van der Waals surface area contributed by atoms with E-state index in [1.165, 1.54) is 0 Å². The number of rotatable bonds is 5. The van der Waals surface area contributed by atoms with Crippen molar-refractivity contribution in [3.8, 4) is 5.75 Å². The van der Waals surface area contributed by atoms with Crippen molar-refractivity contribution in [3.63, 3.8) is 0 Å². The summed E-state index contributed by atoms with van der Waals surface area (Å²) in [7, 11) is -4.18. The minimum atomic E-state index is -4.90. The smallest absolute Gasteiger partial charge is 0.406 e. The number of nitrogens with one attached hydrogen (secondary N) is 1. The molecule has 3 atom stereocenters. The van der Waals surface area contributed by atoms with Crippen LogP contribution in [0.5, 0.6) is 5.75 Å². The molecule has 38 heavy (non-hydrogen) atoms. The molecule has 0 amide bonds. The lowest BCUT2D eigenvalue weighted by atomic mass is 10.1. The molecule has 13 heteroatoms. The molecule has 7 nitrogen and oxygen atoms in total. The van der Waals surface area contributed by atoms with E-state index in [9.17, 15) is 26.7 Å². The Balaban J connectivity index is 1.39. The lowest BCUT2D eigenvalue weighted by Gasteiger charge is -2.23. The Kier molecular flexibility index (Phi) is 7.27. The molecule has 1 fully saturated rings. The molecule has 4 aromatic rings. The van der Waals surface area contributed by atoms with Gasteiger partial charge in [-0.2, -0.15) is 0 Å². The van der Waals surface area contributed by atoms with Crippen molar-refractivity contribution < 1.29 is 36.2 Å². The molecule has 0 saturated carbocycles. The molecule has 5 rings (SSSR count). The first-order valence-corrected chi connectivity index (χ1v) is 13.7. The SMILES string of the molecule is O=S(=O)(N[C@@H]1COC[C@H](n2c3ccc(Cl)cc3c3cc(Cl)ccc32)C[C@H]1O)c1ccc(OC(F)(F)F)cc1. The third-order valence-corrected chi connectivity index (χ3v) is 8.33. The van der Waals surface area contributed by atoms with E-state index in [4.69, 9.17) is 27.9 Å².